The molecule has 2 N–H and O–H groups in total. The number of carbonyl (C=O) groups excluding carboxylic acids is 2. The van der Waals surface area contributed by atoms with Gasteiger partial charge < -0.3 is 19.9 Å². The molecule has 2 amide bonds. The molecule has 3 heterocycles. The first-order chi connectivity index (χ1) is 16.9. The van der Waals surface area contributed by atoms with Crippen molar-refractivity contribution < 1.29 is 14.3 Å². The summed E-state index contributed by atoms with van der Waals surface area (Å²) >= 11 is 0. The average molecular weight is 472 g/mol. The lowest BCUT2D eigenvalue weighted by atomic mass is 10.1. The highest BCUT2D eigenvalue weighted by Crippen LogP contribution is 2.35. The maximum Gasteiger partial charge on any atom is 0.272 e. The fraction of sp³-hybridized carbons (Fsp3) is 0.259. The van der Waals surface area contributed by atoms with Gasteiger partial charge in [-0.2, -0.15) is 0 Å². The second kappa shape index (κ2) is 10.4. The molecule has 0 fully saturated rings. The highest BCUT2D eigenvalue weighted by Gasteiger charge is 2.26. The maximum atomic E-state index is 13.3. The Hall–Kier alpha value is -4.20. The van der Waals surface area contributed by atoms with E-state index in [1.165, 1.54) is 0 Å². The predicted molar refractivity (Wildman–Crippen MR) is 136 cm³/mol. The SMILES string of the molecule is CCc1nc2c(cc1NC(=O)c1ccccc1)c(OC(C)C)c(C(=O)NCc1ccncc1)n2C. The van der Waals surface area contributed by atoms with Gasteiger partial charge in [-0.1, -0.05) is 25.1 Å². The van der Waals surface area contributed by atoms with Crippen LogP contribution in [0.15, 0.2) is 60.9 Å². The Morgan fingerprint density at radius 1 is 1.06 bits per heavy atom. The lowest BCUT2D eigenvalue weighted by Gasteiger charge is -2.13. The van der Waals surface area contributed by atoms with Gasteiger partial charge in [0, 0.05) is 31.5 Å². The first-order valence-electron chi connectivity index (χ1n) is 11.6. The molecule has 4 rings (SSSR count). The first kappa shape index (κ1) is 23.9. The van der Waals surface area contributed by atoms with Crippen LogP contribution in [0.5, 0.6) is 5.75 Å². The Kier molecular flexibility index (Phi) is 7.10. The number of anilines is 1. The summed E-state index contributed by atoms with van der Waals surface area (Å²) in [5.41, 5.74) is 3.81. The molecule has 35 heavy (non-hydrogen) atoms. The Morgan fingerprint density at radius 2 is 1.77 bits per heavy atom. The maximum absolute atomic E-state index is 13.3. The van der Waals surface area contributed by atoms with E-state index in [4.69, 9.17) is 9.72 Å². The summed E-state index contributed by atoms with van der Waals surface area (Å²) in [5, 5.41) is 6.61. The standard InChI is InChI=1S/C27H29N5O3/c1-5-21-22(31-26(33)19-9-7-6-8-10-19)15-20-24(35-17(2)3)23(32(4)25(20)30-21)27(34)29-16-18-11-13-28-14-12-18/h6-15,17H,5,16H2,1-4H3,(H,29,34)(H,31,33). The molecule has 0 saturated carbocycles. The van der Waals surface area contributed by atoms with Crippen LogP contribution < -0.4 is 15.4 Å². The van der Waals surface area contributed by atoms with E-state index in [0.717, 1.165) is 11.3 Å². The third-order valence-corrected chi connectivity index (χ3v) is 5.58. The zero-order valence-corrected chi connectivity index (χ0v) is 20.3. The van der Waals surface area contributed by atoms with Crippen LogP contribution in [0.25, 0.3) is 11.0 Å². The second-order valence-corrected chi connectivity index (χ2v) is 8.47. The van der Waals surface area contributed by atoms with Gasteiger partial charge in [-0.15, -0.1) is 0 Å². The Labute approximate surface area is 204 Å². The number of aryl methyl sites for hydroxylation is 2. The minimum Gasteiger partial charge on any atom is -0.488 e. The zero-order valence-electron chi connectivity index (χ0n) is 20.3. The molecule has 0 atom stereocenters. The van der Waals surface area contributed by atoms with Crippen molar-refractivity contribution in [2.24, 2.45) is 7.05 Å². The number of amides is 2. The third-order valence-electron chi connectivity index (χ3n) is 5.58. The summed E-state index contributed by atoms with van der Waals surface area (Å²) in [7, 11) is 1.80. The molecule has 0 aliphatic heterocycles. The summed E-state index contributed by atoms with van der Waals surface area (Å²) in [6.45, 7) is 6.14. The predicted octanol–water partition coefficient (Wildman–Crippen LogP) is 4.50. The molecule has 8 nitrogen and oxygen atoms in total. The Bertz CT molecular complexity index is 1350. The van der Waals surface area contributed by atoms with E-state index in [0.29, 0.717) is 46.7 Å². The third kappa shape index (κ3) is 5.16. The number of hydrogen-bond acceptors (Lipinski definition) is 5. The van der Waals surface area contributed by atoms with Crippen molar-refractivity contribution in [3.8, 4) is 5.75 Å². The summed E-state index contributed by atoms with van der Waals surface area (Å²) in [6, 6.07) is 14.6. The van der Waals surface area contributed by atoms with E-state index in [-0.39, 0.29) is 17.9 Å². The molecule has 0 aliphatic rings. The largest absolute Gasteiger partial charge is 0.488 e. The zero-order chi connectivity index (χ0) is 24.9. The molecule has 1 aromatic carbocycles. The van der Waals surface area contributed by atoms with Gasteiger partial charge in [0.2, 0.25) is 0 Å². The fourth-order valence-corrected chi connectivity index (χ4v) is 3.89. The van der Waals surface area contributed by atoms with Crippen LogP contribution in [0.2, 0.25) is 0 Å². The van der Waals surface area contributed by atoms with E-state index >= 15 is 0 Å². The molecule has 4 aromatic rings. The van der Waals surface area contributed by atoms with Crippen LogP contribution in [-0.4, -0.2) is 32.5 Å². The molecule has 180 valence electrons. The van der Waals surface area contributed by atoms with E-state index in [1.807, 2.05) is 57.2 Å². The number of benzene rings is 1. The van der Waals surface area contributed by atoms with E-state index in [1.54, 1.807) is 36.1 Å². The lowest BCUT2D eigenvalue weighted by molar-refractivity contribution is 0.0936. The van der Waals surface area contributed by atoms with E-state index < -0.39 is 0 Å². The van der Waals surface area contributed by atoms with Crippen molar-refractivity contribution in [1.29, 1.82) is 0 Å². The number of fused-ring (bicyclic) bond motifs is 1. The quantitative estimate of drug-likeness (QED) is 0.394. The molecule has 0 saturated heterocycles. The fourth-order valence-electron chi connectivity index (χ4n) is 3.89. The van der Waals surface area contributed by atoms with E-state index in [9.17, 15) is 9.59 Å². The highest BCUT2D eigenvalue weighted by molar-refractivity contribution is 6.07. The number of pyridine rings is 2. The van der Waals surface area contributed by atoms with Crippen molar-refractivity contribution >= 4 is 28.5 Å². The molecule has 0 spiro atoms. The van der Waals surface area contributed by atoms with Gasteiger partial charge in [-0.3, -0.25) is 14.6 Å². The number of nitrogens with zero attached hydrogens (tertiary/aromatic N) is 3. The number of aromatic nitrogens is 3. The molecule has 8 heteroatoms. The van der Waals surface area contributed by atoms with Crippen molar-refractivity contribution in [3.05, 3.63) is 83.4 Å². The van der Waals surface area contributed by atoms with Crippen LogP contribution in [0, 0.1) is 0 Å². The van der Waals surface area contributed by atoms with Crippen LogP contribution in [0.1, 0.15) is 52.9 Å². The van der Waals surface area contributed by atoms with Gasteiger partial charge in [-0.25, -0.2) is 4.98 Å². The van der Waals surface area contributed by atoms with Crippen LogP contribution >= 0.6 is 0 Å². The van der Waals surface area contributed by atoms with Gasteiger partial charge >= 0.3 is 0 Å². The van der Waals surface area contributed by atoms with Gasteiger partial charge in [0.05, 0.1) is 22.9 Å². The molecule has 0 radical (unpaired) electrons. The highest BCUT2D eigenvalue weighted by atomic mass is 16.5. The van der Waals surface area contributed by atoms with Crippen LogP contribution in [-0.2, 0) is 20.0 Å². The summed E-state index contributed by atoms with van der Waals surface area (Å²) in [6.07, 6.45) is 3.82. The van der Waals surface area contributed by atoms with E-state index in [2.05, 4.69) is 15.6 Å². The first-order valence-corrected chi connectivity index (χ1v) is 11.6. The van der Waals surface area contributed by atoms with Gasteiger partial charge in [0.15, 0.2) is 11.4 Å². The topological polar surface area (TPSA) is 98.1 Å². The summed E-state index contributed by atoms with van der Waals surface area (Å²) in [5.74, 6) is -0.0556. The lowest BCUT2D eigenvalue weighted by Crippen LogP contribution is -2.26. The Morgan fingerprint density at radius 3 is 2.43 bits per heavy atom. The normalized spacial score (nSPS) is 11.0. The summed E-state index contributed by atoms with van der Waals surface area (Å²) in [4.78, 5) is 34.9. The second-order valence-electron chi connectivity index (χ2n) is 8.47. The summed E-state index contributed by atoms with van der Waals surface area (Å²) < 4.78 is 7.87. The molecular formula is C27H29N5O3. The molecular weight excluding hydrogens is 442 g/mol. The Balaban J connectivity index is 1.75. The number of hydrogen-bond donors (Lipinski definition) is 2. The average Bonchev–Trinajstić information content (AvgIpc) is 3.13. The number of nitrogens with one attached hydrogen (secondary N) is 2. The molecule has 0 unspecified atom stereocenters. The molecule has 0 bridgehead atoms. The number of ether oxygens (including phenoxy) is 1. The van der Waals surface area contributed by atoms with Gasteiger partial charge in [0.25, 0.3) is 11.8 Å². The minimum absolute atomic E-state index is 0.166. The molecule has 3 aromatic heterocycles. The van der Waals surface area contributed by atoms with Gasteiger partial charge in [-0.05, 0) is 56.2 Å². The van der Waals surface area contributed by atoms with Crippen molar-refractivity contribution in [1.82, 2.24) is 19.9 Å². The van der Waals surface area contributed by atoms with Crippen molar-refractivity contribution in [2.45, 2.75) is 39.8 Å². The minimum atomic E-state index is -0.272. The molecule has 0 aliphatic carbocycles. The number of carbonyl (C=O) groups is 2. The van der Waals surface area contributed by atoms with Crippen LogP contribution in [0.4, 0.5) is 5.69 Å². The van der Waals surface area contributed by atoms with Crippen molar-refractivity contribution in [3.63, 3.8) is 0 Å². The van der Waals surface area contributed by atoms with Crippen LogP contribution in [0.3, 0.4) is 0 Å². The van der Waals surface area contributed by atoms with Gasteiger partial charge in [0.1, 0.15) is 5.65 Å². The number of rotatable bonds is 8. The van der Waals surface area contributed by atoms with Crippen molar-refractivity contribution in [2.75, 3.05) is 5.32 Å². The smallest absolute Gasteiger partial charge is 0.272 e. The monoisotopic (exact) mass is 471 g/mol.